The van der Waals surface area contributed by atoms with Gasteiger partial charge in [0.15, 0.2) is 0 Å². The molecule has 4 heteroatoms. The minimum Gasteiger partial charge on any atom is -0.462 e. The molecule has 0 saturated heterocycles. The first-order valence-electron chi connectivity index (χ1n) is 11.8. The van der Waals surface area contributed by atoms with Crippen LogP contribution in [0.2, 0.25) is 0 Å². The molecule has 0 heterocycles. The molecule has 0 aromatic heterocycles. The number of esters is 1. The van der Waals surface area contributed by atoms with Crippen molar-refractivity contribution in [2.24, 2.45) is 5.73 Å². The highest BCUT2D eigenvalue weighted by atomic mass is 16.5. The third-order valence-corrected chi connectivity index (χ3v) is 5.19. The van der Waals surface area contributed by atoms with Gasteiger partial charge < -0.3 is 10.5 Å². The first kappa shape index (κ1) is 26.7. The van der Waals surface area contributed by atoms with Crippen LogP contribution in [0.5, 0.6) is 0 Å². The Morgan fingerprint density at radius 1 is 0.679 bits per heavy atom. The van der Waals surface area contributed by atoms with Gasteiger partial charge in [-0.05, 0) is 12.8 Å². The molecule has 0 radical (unpaired) electrons. The normalized spacial score (nSPS) is 11.6. The van der Waals surface area contributed by atoms with Crippen molar-refractivity contribution in [2.75, 3.05) is 6.61 Å². The third-order valence-electron chi connectivity index (χ3n) is 5.19. The number of nitrogens with two attached hydrogens (primary N) is 1. The summed E-state index contributed by atoms with van der Waals surface area (Å²) in [4.78, 5) is 22.6. The largest absolute Gasteiger partial charge is 0.462 e. The summed E-state index contributed by atoms with van der Waals surface area (Å²) in [6, 6.07) is 0. The highest BCUT2D eigenvalue weighted by Gasteiger charge is 2.09. The fraction of sp³-hybridized carbons (Fsp3) is 0.833. The van der Waals surface area contributed by atoms with Gasteiger partial charge in [0.05, 0.1) is 6.61 Å². The SMILES string of the molecule is CCCCCCCCCCCCCCCCCCOC(=O)C(=CC(N)=O)CC. The van der Waals surface area contributed by atoms with Crippen LogP contribution in [0, 0.1) is 0 Å². The number of carbonyl (C=O) groups is 2. The van der Waals surface area contributed by atoms with Crippen molar-refractivity contribution in [1.29, 1.82) is 0 Å². The minimum atomic E-state index is -0.601. The van der Waals surface area contributed by atoms with E-state index in [1.165, 1.54) is 89.9 Å². The highest BCUT2D eigenvalue weighted by Crippen LogP contribution is 2.14. The molecule has 164 valence electrons. The van der Waals surface area contributed by atoms with E-state index in [4.69, 9.17) is 10.5 Å². The maximum Gasteiger partial charge on any atom is 0.334 e. The van der Waals surface area contributed by atoms with E-state index in [9.17, 15) is 9.59 Å². The minimum absolute atomic E-state index is 0.351. The van der Waals surface area contributed by atoms with Crippen molar-refractivity contribution in [2.45, 2.75) is 123 Å². The molecule has 0 aromatic rings. The summed E-state index contributed by atoms with van der Waals surface area (Å²) < 4.78 is 5.20. The summed E-state index contributed by atoms with van der Waals surface area (Å²) in [6.45, 7) is 4.51. The molecular weight excluding hydrogens is 350 g/mol. The van der Waals surface area contributed by atoms with Gasteiger partial charge in [-0.15, -0.1) is 0 Å². The molecule has 0 saturated carbocycles. The average Bonchev–Trinajstić information content (AvgIpc) is 2.68. The summed E-state index contributed by atoms with van der Waals surface area (Å²) in [5.41, 5.74) is 5.43. The van der Waals surface area contributed by atoms with Crippen molar-refractivity contribution >= 4 is 11.9 Å². The molecule has 0 spiro atoms. The van der Waals surface area contributed by atoms with Crippen molar-refractivity contribution in [1.82, 2.24) is 0 Å². The number of rotatable bonds is 20. The van der Waals surface area contributed by atoms with Gasteiger partial charge in [0.2, 0.25) is 5.91 Å². The van der Waals surface area contributed by atoms with Crippen LogP contribution in [0.15, 0.2) is 11.6 Å². The van der Waals surface area contributed by atoms with Crippen LogP contribution in [-0.2, 0) is 14.3 Å². The molecule has 0 atom stereocenters. The second-order valence-corrected chi connectivity index (χ2v) is 7.86. The Morgan fingerprint density at radius 3 is 1.43 bits per heavy atom. The first-order valence-corrected chi connectivity index (χ1v) is 11.8. The van der Waals surface area contributed by atoms with Crippen molar-refractivity contribution in [3.8, 4) is 0 Å². The smallest absolute Gasteiger partial charge is 0.334 e. The third kappa shape index (κ3) is 18.1. The molecule has 0 unspecified atom stereocenters. The molecule has 0 aliphatic carbocycles. The molecule has 0 rings (SSSR count). The Balaban J connectivity index is 3.32. The Hall–Kier alpha value is -1.32. The topological polar surface area (TPSA) is 69.4 Å². The number of ether oxygens (including phenoxy) is 1. The standard InChI is InChI=1S/C24H45NO3/c1-3-5-6-7-8-9-10-11-12-13-14-15-16-17-18-19-20-28-24(27)22(4-2)21-23(25)26/h21H,3-20H2,1-2H3,(H2,25,26). The van der Waals surface area contributed by atoms with Crippen molar-refractivity contribution in [3.63, 3.8) is 0 Å². The van der Waals surface area contributed by atoms with Gasteiger partial charge in [-0.2, -0.15) is 0 Å². The first-order chi connectivity index (χ1) is 13.6. The summed E-state index contributed by atoms with van der Waals surface area (Å²) in [7, 11) is 0. The number of amides is 1. The van der Waals surface area contributed by atoms with Gasteiger partial charge in [0, 0.05) is 11.6 Å². The number of hydrogen-bond donors (Lipinski definition) is 1. The lowest BCUT2D eigenvalue weighted by Gasteiger charge is -2.06. The lowest BCUT2D eigenvalue weighted by molar-refractivity contribution is -0.139. The van der Waals surface area contributed by atoms with E-state index in [0.29, 0.717) is 18.6 Å². The van der Waals surface area contributed by atoms with Gasteiger partial charge in [0.1, 0.15) is 0 Å². The van der Waals surface area contributed by atoms with Crippen LogP contribution >= 0.6 is 0 Å². The predicted molar refractivity (Wildman–Crippen MR) is 118 cm³/mol. The predicted octanol–water partition coefficient (Wildman–Crippen LogP) is 6.61. The van der Waals surface area contributed by atoms with Crippen LogP contribution in [0.3, 0.4) is 0 Å². The van der Waals surface area contributed by atoms with Crippen LogP contribution in [0.4, 0.5) is 0 Å². The summed E-state index contributed by atoms with van der Waals surface area (Å²) in [5.74, 6) is -1.02. The quantitative estimate of drug-likeness (QED) is 0.143. The fourth-order valence-corrected chi connectivity index (χ4v) is 3.38. The maximum absolute atomic E-state index is 11.8. The van der Waals surface area contributed by atoms with Crippen molar-refractivity contribution in [3.05, 3.63) is 11.6 Å². The van der Waals surface area contributed by atoms with Gasteiger partial charge in [-0.25, -0.2) is 4.79 Å². The van der Waals surface area contributed by atoms with Gasteiger partial charge in [-0.1, -0.05) is 110 Å². The van der Waals surface area contributed by atoms with Gasteiger partial charge in [-0.3, -0.25) is 4.79 Å². The summed E-state index contributed by atoms with van der Waals surface area (Å²) >= 11 is 0. The second-order valence-electron chi connectivity index (χ2n) is 7.86. The zero-order chi connectivity index (χ0) is 20.9. The molecule has 0 aliphatic heterocycles. The van der Waals surface area contributed by atoms with E-state index in [1.807, 2.05) is 6.92 Å². The van der Waals surface area contributed by atoms with Crippen LogP contribution in [-0.4, -0.2) is 18.5 Å². The molecule has 0 fully saturated rings. The zero-order valence-electron chi connectivity index (χ0n) is 18.6. The lowest BCUT2D eigenvalue weighted by Crippen LogP contribution is -2.13. The fourth-order valence-electron chi connectivity index (χ4n) is 3.38. The summed E-state index contributed by atoms with van der Waals surface area (Å²) in [6.07, 6.45) is 22.8. The Morgan fingerprint density at radius 2 is 1.07 bits per heavy atom. The molecular formula is C24H45NO3. The number of primary amides is 1. The van der Waals surface area contributed by atoms with Crippen molar-refractivity contribution < 1.29 is 14.3 Å². The molecule has 0 aliphatic rings. The average molecular weight is 396 g/mol. The molecule has 0 aromatic carbocycles. The van der Waals surface area contributed by atoms with E-state index in [2.05, 4.69) is 6.92 Å². The van der Waals surface area contributed by atoms with Gasteiger partial charge in [0.25, 0.3) is 0 Å². The molecule has 2 N–H and O–H groups in total. The van der Waals surface area contributed by atoms with Crippen LogP contribution in [0.1, 0.15) is 123 Å². The Bertz CT molecular complexity index is 418. The zero-order valence-corrected chi connectivity index (χ0v) is 18.6. The van der Waals surface area contributed by atoms with Gasteiger partial charge >= 0.3 is 5.97 Å². The van der Waals surface area contributed by atoms with Crippen LogP contribution in [0.25, 0.3) is 0 Å². The van der Waals surface area contributed by atoms with Crippen LogP contribution < -0.4 is 5.73 Å². The van der Waals surface area contributed by atoms with E-state index in [0.717, 1.165) is 18.9 Å². The van der Waals surface area contributed by atoms with E-state index in [1.54, 1.807) is 0 Å². The second kappa shape index (κ2) is 20.4. The van der Waals surface area contributed by atoms with E-state index in [-0.39, 0.29) is 0 Å². The molecule has 0 bridgehead atoms. The van der Waals surface area contributed by atoms with E-state index >= 15 is 0 Å². The maximum atomic E-state index is 11.8. The number of carbonyl (C=O) groups excluding carboxylic acids is 2. The lowest BCUT2D eigenvalue weighted by atomic mass is 10.0. The molecule has 28 heavy (non-hydrogen) atoms. The summed E-state index contributed by atoms with van der Waals surface area (Å²) in [5, 5.41) is 0. The molecule has 1 amide bonds. The Kier molecular flexibility index (Phi) is 19.5. The Labute approximate surface area is 173 Å². The number of hydrogen-bond acceptors (Lipinski definition) is 3. The number of unbranched alkanes of at least 4 members (excludes halogenated alkanes) is 15. The van der Waals surface area contributed by atoms with E-state index < -0.39 is 11.9 Å². The highest BCUT2D eigenvalue weighted by molar-refractivity contribution is 5.97. The molecule has 4 nitrogen and oxygen atoms in total. The monoisotopic (exact) mass is 395 g/mol.